The summed E-state index contributed by atoms with van der Waals surface area (Å²) in [5, 5.41) is 11.7. The number of nitrogens with two attached hydrogens (primary N) is 1. The van der Waals surface area contributed by atoms with Gasteiger partial charge in [-0.1, -0.05) is 0 Å². The van der Waals surface area contributed by atoms with Gasteiger partial charge in [0.1, 0.15) is 5.82 Å². The molecule has 2 aliphatic rings. The Balaban J connectivity index is 1.73. The molecule has 1 aliphatic carbocycles. The first kappa shape index (κ1) is 16.7. The van der Waals surface area contributed by atoms with Crippen molar-refractivity contribution >= 4 is 9.84 Å². The zero-order valence-electron chi connectivity index (χ0n) is 14.4. The highest BCUT2D eigenvalue weighted by Crippen LogP contribution is 2.35. The zero-order valence-corrected chi connectivity index (χ0v) is 15.2. The molecule has 4 rings (SSSR count). The molecule has 0 spiro atoms. The molecule has 0 bridgehead atoms. The van der Waals surface area contributed by atoms with Crippen LogP contribution in [0.25, 0.3) is 11.4 Å². The van der Waals surface area contributed by atoms with Crippen LogP contribution in [0.15, 0.2) is 6.20 Å². The monoisotopic (exact) mass is 364 g/mol. The van der Waals surface area contributed by atoms with Gasteiger partial charge in [-0.2, -0.15) is 10.2 Å². The third kappa shape index (κ3) is 3.22. The molecule has 9 heteroatoms. The summed E-state index contributed by atoms with van der Waals surface area (Å²) in [6.45, 7) is 1.93. The predicted octanol–water partition coefficient (Wildman–Crippen LogP) is 1.32. The Labute approximate surface area is 147 Å². The van der Waals surface area contributed by atoms with Gasteiger partial charge in [0.15, 0.2) is 15.7 Å². The zero-order chi connectivity index (χ0) is 17.6. The first-order valence-corrected chi connectivity index (χ1v) is 10.7. The molecule has 3 heterocycles. The highest BCUT2D eigenvalue weighted by molar-refractivity contribution is 7.91. The van der Waals surface area contributed by atoms with Crippen LogP contribution in [0, 0.1) is 6.92 Å². The van der Waals surface area contributed by atoms with Gasteiger partial charge in [-0.25, -0.2) is 18.1 Å². The van der Waals surface area contributed by atoms with Crippen LogP contribution in [0.5, 0.6) is 0 Å². The van der Waals surface area contributed by atoms with E-state index in [-0.39, 0.29) is 29.5 Å². The molecule has 0 aromatic carbocycles. The van der Waals surface area contributed by atoms with E-state index in [0.717, 1.165) is 42.8 Å². The van der Waals surface area contributed by atoms with Gasteiger partial charge >= 0.3 is 0 Å². The number of aryl methyl sites for hydroxylation is 1. The normalized spacial score (nSPS) is 29.1. The third-order valence-electron chi connectivity index (χ3n) is 5.42. The number of nitrogens with one attached hydrogen (secondary N) is 1. The van der Waals surface area contributed by atoms with Crippen LogP contribution in [-0.4, -0.2) is 50.9 Å². The third-order valence-corrected chi connectivity index (χ3v) is 7.17. The van der Waals surface area contributed by atoms with Gasteiger partial charge in [0.25, 0.3) is 0 Å². The van der Waals surface area contributed by atoms with Gasteiger partial charge in [-0.05, 0) is 39.0 Å². The molecule has 1 aliphatic heterocycles. The van der Waals surface area contributed by atoms with E-state index in [9.17, 15) is 8.42 Å². The molecule has 1 unspecified atom stereocenters. The van der Waals surface area contributed by atoms with Crippen LogP contribution in [0.1, 0.15) is 55.6 Å². The Morgan fingerprint density at radius 2 is 2.00 bits per heavy atom. The second kappa shape index (κ2) is 6.21. The standard InChI is InChI=1S/C16H24N6O2S/c1-10-14(8-18-20-10)15-19-16(11-2-4-12(17)5-3-11)22(21-15)13-6-7-25(23,24)9-13/h8,11-13H,2-7,9,17H2,1H3,(H,18,20). The number of aromatic nitrogens is 5. The largest absolute Gasteiger partial charge is 0.328 e. The number of aromatic amines is 1. The van der Waals surface area contributed by atoms with Crippen LogP contribution >= 0.6 is 0 Å². The Morgan fingerprint density at radius 1 is 1.24 bits per heavy atom. The second-order valence-electron chi connectivity index (χ2n) is 7.32. The van der Waals surface area contributed by atoms with E-state index in [2.05, 4.69) is 10.2 Å². The summed E-state index contributed by atoms with van der Waals surface area (Å²) in [6, 6.07) is 0.138. The lowest BCUT2D eigenvalue weighted by Crippen LogP contribution is -2.27. The summed E-state index contributed by atoms with van der Waals surface area (Å²) < 4.78 is 25.8. The van der Waals surface area contributed by atoms with Gasteiger partial charge in [-0.15, -0.1) is 0 Å². The summed E-state index contributed by atoms with van der Waals surface area (Å²) >= 11 is 0. The fourth-order valence-electron chi connectivity index (χ4n) is 3.92. The minimum Gasteiger partial charge on any atom is -0.328 e. The highest BCUT2D eigenvalue weighted by Gasteiger charge is 2.34. The van der Waals surface area contributed by atoms with E-state index in [4.69, 9.17) is 15.8 Å². The maximum absolute atomic E-state index is 11.9. The van der Waals surface area contributed by atoms with E-state index < -0.39 is 9.84 Å². The summed E-state index contributed by atoms with van der Waals surface area (Å²) in [5.74, 6) is 2.20. The molecule has 0 amide bonds. The van der Waals surface area contributed by atoms with Crippen LogP contribution in [0.3, 0.4) is 0 Å². The average Bonchev–Trinajstić information content (AvgIpc) is 3.26. The minimum atomic E-state index is -2.98. The van der Waals surface area contributed by atoms with Crippen molar-refractivity contribution in [3.63, 3.8) is 0 Å². The summed E-state index contributed by atoms with van der Waals surface area (Å²) in [4.78, 5) is 4.81. The fraction of sp³-hybridized carbons (Fsp3) is 0.688. The molecule has 1 saturated heterocycles. The van der Waals surface area contributed by atoms with Gasteiger partial charge in [-0.3, -0.25) is 5.10 Å². The lowest BCUT2D eigenvalue weighted by molar-refractivity contribution is 0.359. The van der Waals surface area contributed by atoms with Crippen molar-refractivity contribution in [2.45, 2.75) is 57.0 Å². The van der Waals surface area contributed by atoms with Gasteiger partial charge in [0.05, 0.1) is 29.3 Å². The Morgan fingerprint density at radius 3 is 2.60 bits per heavy atom. The van der Waals surface area contributed by atoms with Gasteiger partial charge < -0.3 is 5.73 Å². The van der Waals surface area contributed by atoms with Crippen LogP contribution in [-0.2, 0) is 9.84 Å². The van der Waals surface area contributed by atoms with Gasteiger partial charge in [0.2, 0.25) is 0 Å². The number of sulfone groups is 1. The summed E-state index contributed by atoms with van der Waals surface area (Å²) in [7, 11) is -2.98. The van der Waals surface area contributed by atoms with E-state index in [1.165, 1.54) is 0 Å². The van der Waals surface area contributed by atoms with Crippen molar-refractivity contribution in [1.82, 2.24) is 25.0 Å². The first-order chi connectivity index (χ1) is 11.9. The fourth-order valence-corrected chi connectivity index (χ4v) is 5.61. The van der Waals surface area contributed by atoms with Crippen molar-refractivity contribution in [2.75, 3.05) is 11.5 Å². The second-order valence-corrected chi connectivity index (χ2v) is 9.54. The molecule has 136 valence electrons. The first-order valence-electron chi connectivity index (χ1n) is 8.86. The molecule has 1 atom stereocenters. The maximum Gasteiger partial charge on any atom is 0.184 e. The number of hydrogen-bond donors (Lipinski definition) is 2. The Kier molecular flexibility index (Phi) is 4.15. The Bertz CT molecular complexity index is 863. The highest BCUT2D eigenvalue weighted by atomic mass is 32.2. The molecular formula is C16H24N6O2S. The average molecular weight is 364 g/mol. The van der Waals surface area contributed by atoms with E-state index in [1.54, 1.807) is 6.20 Å². The van der Waals surface area contributed by atoms with Crippen molar-refractivity contribution in [2.24, 2.45) is 5.73 Å². The maximum atomic E-state index is 11.9. The van der Waals surface area contributed by atoms with E-state index in [1.807, 2.05) is 11.6 Å². The van der Waals surface area contributed by atoms with Crippen LogP contribution < -0.4 is 5.73 Å². The SMILES string of the molecule is Cc1[nH]ncc1-c1nc(C2CCC(N)CC2)n(C2CCS(=O)(=O)C2)n1. The Hall–Kier alpha value is -1.74. The van der Waals surface area contributed by atoms with Crippen molar-refractivity contribution in [1.29, 1.82) is 0 Å². The molecule has 2 aromatic heterocycles. The molecule has 0 radical (unpaired) electrons. The summed E-state index contributed by atoms with van der Waals surface area (Å²) in [6.07, 6.45) is 6.23. The topological polar surface area (TPSA) is 120 Å². The van der Waals surface area contributed by atoms with Crippen molar-refractivity contribution < 1.29 is 8.42 Å². The molecule has 2 aromatic rings. The molecule has 3 N–H and O–H groups in total. The van der Waals surface area contributed by atoms with Crippen molar-refractivity contribution in [3.8, 4) is 11.4 Å². The minimum absolute atomic E-state index is 0.121. The number of H-pyrrole nitrogens is 1. The number of hydrogen-bond acceptors (Lipinski definition) is 6. The lowest BCUT2D eigenvalue weighted by Gasteiger charge is -2.26. The predicted molar refractivity (Wildman–Crippen MR) is 93.8 cm³/mol. The molecule has 25 heavy (non-hydrogen) atoms. The van der Waals surface area contributed by atoms with Crippen LogP contribution in [0.2, 0.25) is 0 Å². The van der Waals surface area contributed by atoms with Crippen molar-refractivity contribution in [3.05, 3.63) is 17.7 Å². The van der Waals surface area contributed by atoms with Crippen LogP contribution in [0.4, 0.5) is 0 Å². The molecule has 2 fully saturated rings. The smallest absolute Gasteiger partial charge is 0.184 e. The molecule has 8 nitrogen and oxygen atoms in total. The number of nitrogens with zero attached hydrogens (tertiary/aromatic N) is 4. The summed E-state index contributed by atoms with van der Waals surface area (Å²) in [5.41, 5.74) is 7.82. The van der Waals surface area contributed by atoms with Gasteiger partial charge in [0, 0.05) is 17.7 Å². The molecule has 1 saturated carbocycles. The quantitative estimate of drug-likeness (QED) is 0.847. The van der Waals surface area contributed by atoms with E-state index in [0.29, 0.717) is 12.2 Å². The lowest BCUT2D eigenvalue weighted by atomic mass is 9.86. The number of rotatable bonds is 3. The van der Waals surface area contributed by atoms with E-state index >= 15 is 0 Å². The molecular weight excluding hydrogens is 340 g/mol.